The van der Waals surface area contributed by atoms with Crippen molar-refractivity contribution in [2.24, 2.45) is 0 Å². The Labute approximate surface area is 240 Å². The second-order valence-corrected chi connectivity index (χ2v) is 12.1. The molecular formula is C37H57N2+. The van der Waals surface area contributed by atoms with E-state index >= 15 is 0 Å². The van der Waals surface area contributed by atoms with Gasteiger partial charge in [-0.3, -0.25) is 0 Å². The maximum Gasteiger partial charge on any atom is 0.244 e. The van der Waals surface area contributed by atoms with Crippen molar-refractivity contribution in [2.75, 3.05) is 0 Å². The van der Waals surface area contributed by atoms with Crippen LogP contribution in [0.3, 0.4) is 0 Å². The molecule has 39 heavy (non-hydrogen) atoms. The van der Waals surface area contributed by atoms with E-state index in [0.29, 0.717) is 6.04 Å². The van der Waals surface area contributed by atoms with Gasteiger partial charge in [-0.2, -0.15) is 0 Å². The van der Waals surface area contributed by atoms with Gasteiger partial charge >= 0.3 is 0 Å². The first-order valence-corrected chi connectivity index (χ1v) is 16.3. The van der Waals surface area contributed by atoms with E-state index in [9.17, 15) is 0 Å². The summed E-state index contributed by atoms with van der Waals surface area (Å²) >= 11 is 0. The molecule has 214 valence electrons. The Morgan fingerprint density at radius 2 is 1.21 bits per heavy atom. The minimum atomic E-state index is 0.0159. The summed E-state index contributed by atoms with van der Waals surface area (Å²) in [6.07, 6.45) is 28.4. The van der Waals surface area contributed by atoms with E-state index in [0.717, 1.165) is 13.0 Å². The Hall–Kier alpha value is -2.35. The van der Waals surface area contributed by atoms with Gasteiger partial charge in [-0.25, -0.2) is 9.13 Å². The summed E-state index contributed by atoms with van der Waals surface area (Å²) in [6.45, 7) is 8.25. The van der Waals surface area contributed by atoms with Gasteiger partial charge in [0.2, 0.25) is 6.33 Å². The van der Waals surface area contributed by atoms with Gasteiger partial charge in [0.25, 0.3) is 0 Å². The average Bonchev–Trinajstić information content (AvgIpc) is 3.43. The molecule has 0 radical (unpaired) electrons. The molecule has 0 aliphatic heterocycles. The predicted octanol–water partition coefficient (Wildman–Crippen LogP) is 10.4. The van der Waals surface area contributed by atoms with Crippen LogP contribution in [0.5, 0.6) is 0 Å². The van der Waals surface area contributed by atoms with Crippen LogP contribution in [0.25, 0.3) is 0 Å². The van der Waals surface area contributed by atoms with Crippen molar-refractivity contribution in [1.29, 1.82) is 0 Å². The summed E-state index contributed by atoms with van der Waals surface area (Å²) in [7, 11) is 0. The van der Waals surface area contributed by atoms with Crippen LogP contribution in [0.4, 0.5) is 0 Å². The lowest BCUT2D eigenvalue weighted by atomic mass is 9.70. The minimum absolute atomic E-state index is 0.0159. The normalized spacial score (nSPS) is 13.8. The molecule has 0 spiro atoms. The molecule has 3 aromatic rings. The predicted molar refractivity (Wildman–Crippen MR) is 168 cm³/mol. The zero-order valence-electron chi connectivity index (χ0n) is 25.5. The molecule has 2 heteroatoms. The van der Waals surface area contributed by atoms with Gasteiger partial charge < -0.3 is 0 Å². The van der Waals surface area contributed by atoms with Gasteiger partial charge in [-0.05, 0) is 43.2 Å². The molecule has 2 nitrogen and oxygen atoms in total. The van der Waals surface area contributed by atoms with Crippen molar-refractivity contribution >= 4 is 0 Å². The Balaban J connectivity index is 1.70. The standard InChI is InChI=1S/C37H57N2/c1-4-6-8-10-11-12-13-15-23-29-38-30-31-39(33-38)36(28-22-14-9-7-5-2)37(3,35-26-20-17-21-27-35)32-34-24-18-16-19-25-34/h16-21,24-27,30-31,33,36H,4-15,22-23,28-29,32H2,1-3H3/q+1. The van der Waals surface area contributed by atoms with Crippen molar-refractivity contribution in [2.45, 2.75) is 142 Å². The molecule has 0 amide bonds. The van der Waals surface area contributed by atoms with Crippen molar-refractivity contribution in [3.05, 3.63) is 90.5 Å². The van der Waals surface area contributed by atoms with E-state index in [4.69, 9.17) is 0 Å². The molecular weight excluding hydrogens is 472 g/mol. The van der Waals surface area contributed by atoms with Crippen LogP contribution in [0.1, 0.15) is 134 Å². The number of unbranched alkanes of at least 4 members (excludes halogenated alkanes) is 12. The lowest BCUT2D eigenvalue weighted by Gasteiger charge is -2.37. The highest BCUT2D eigenvalue weighted by atomic mass is 15.1. The summed E-state index contributed by atoms with van der Waals surface area (Å²) in [4.78, 5) is 0. The maximum atomic E-state index is 2.56. The fourth-order valence-corrected chi connectivity index (χ4v) is 6.32. The number of aromatic nitrogens is 2. The number of rotatable bonds is 21. The van der Waals surface area contributed by atoms with Crippen LogP contribution in [-0.4, -0.2) is 4.57 Å². The summed E-state index contributed by atoms with van der Waals surface area (Å²) in [5, 5.41) is 0. The Kier molecular flexibility index (Phi) is 14.5. The molecule has 1 aromatic heterocycles. The maximum absolute atomic E-state index is 2.56. The number of imidazole rings is 1. The second-order valence-electron chi connectivity index (χ2n) is 12.1. The summed E-state index contributed by atoms with van der Waals surface area (Å²) in [5.74, 6) is 0. The Morgan fingerprint density at radius 3 is 1.82 bits per heavy atom. The third-order valence-electron chi connectivity index (χ3n) is 8.76. The van der Waals surface area contributed by atoms with E-state index in [1.807, 2.05) is 0 Å². The lowest BCUT2D eigenvalue weighted by molar-refractivity contribution is -0.697. The van der Waals surface area contributed by atoms with Gasteiger partial charge in [0.1, 0.15) is 18.4 Å². The van der Waals surface area contributed by atoms with E-state index in [1.165, 1.54) is 107 Å². The fraction of sp³-hybridized carbons (Fsp3) is 0.595. The SMILES string of the molecule is CCCCCCCCCCC[n+]1ccn(C(CCCCCCC)C(C)(Cc2ccccc2)c2ccccc2)c1. The molecule has 0 N–H and O–H groups in total. The third kappa shape index (κ3) is 10.6. The van der Waals surface area contributed by atoms with Crippen molar-refractivity contribution < 1.29 is 4.57 Å². The largest absolute Gasteiger partial charge is 0.244 e. The van der Waals surface area contributed by atoms with E-state index in [2.05, 4.69) is 109 Å². The van der Waals surface area contributed by atoms with E-state index in [1.54, 1.807) is 0 Å². The molecule has 0 bridgehead atoms. The van der Waals surface area contributed by atoms with Crippen molar-refractivity contribution in [3.63, 3.8) is 0 Å². The lowest BCUT2D eigenvalue weighted by Crippen LogP contribution is -2.38. The molecule has 0 saturated carbocycles. The third-order valence-corrected chi connectivity index (χ3v) is 8.76. The number of hydrogen-bond acceptors (Lipinski definition) is 0. The number of hydrogen-bond donors (Lipinski definition) is 0. The highest BCUT2D eigenvalue weighted by molar-refractivity contribution is 5.30. The zero-order valence-corrected chi connectivity index (χ0v) is 25.5. The highest BCUT2D eigenvalue weighted by Gasteiger charge is 2.40. The first-order chi connectivity index (χ1) is 19.2. The van der Waals surface area contributed by atoms with Gasteiger partial charge in [0.05, 0.1) is 6.54 Å². The van der Waals surface area contributed by atoms with Crippen molar-refractivity contribution in [3.8, 4) is 0 Å². The smallest absolute Gasteiger partial charge is 0.237 e. The fourth-order valence-electron chi connectivity index (χ4n) is 6.32. The molecule has 0 saturated heterocycles. The van der Waals surface area contributed by atoms with Crippen LogP contribution in [0.2, 0.25) is 0 Å². The minimum Gasteiger partial charge on any atom is -0.237 e. The van der Waals surface area contributed by atoms with E-state index in [-0.39, 0.29) is 5.41 Å². The van der Waals surface area contributed by atoms with Crippen LogP contribution in [0.15, 0.2) is 79.4 Å². The molecule has 2 unspecified atom stereocenters. The molecule has 3 rings (SSSR count). The highest BCUT2D eigenvalue weighted by Crippen LogP contribution is 2.41. The van der Waals surface area contributed by atoms with Gasteiger partial charge in [0, 0.05) is 5.41 Å². The summed E-state index contributed by atoms with van der Waals surface area (Å²) < 4.78 is 5.00. The van der Waals surface area contributed by atoms with E-state index < -0.39 is 0 Å². The zero-order chi connectivity index (χ0) is 27.6. The first-order valence-electron chi connectivity index (χ1n) is 16.3. The van der Waals surface area contributed by atoms with Gasteiger partial charge in [-0.15, -0.1) is 0 Å². The van der Waals surface area contributed by atoms with Gasteiger partial charge in [0.15, 0.2) is 0 Å². The number of nitrogens with zero attached hydrogens (tertiary/aromatic N) is 2. The van der Waals surface area contributed by atoms with Crippen LogP contribution in [0, 0.1) is 0 Å². The average molecular weight is 530 g/mol. The first kappa shape index (κ1) is 31.2. The van der Waals surface area contributed by atoms with Crippen LogP contribution in [-0.2, 0) is 18.4 Å². The van der Waals surface area contributed by atoms with Crippen molar-refractivity contribution in [1.82, 2.24) is 4.57 Å². The molecule has 0 fully saturated rings. The number of benzene rings is 2. The monoisotopic (exact) mass is 529 g/mol. The topological polar surface area (TPSA) is 8.81 Å². The number of aryl methyl sites for hydroxylation is 1. The quantitative estimate of drug-likeness (QED) is 0.0958. The second kappa shape index (κ2) is 18.1. The summed E-state index contributed by atoms with van der Waals surface area (Å²) in [5.41, 5.74) is 2.89. The molecule has 1 heterocycles. The molecule has 2 aromatic carbocycles. The van der Waals surface area contributed by atoms with Crippen LogP contribution >= 0.6 is 0 Å². The molecule has 0 aliphatic carbocycles. The summed E-state index contributed by atoms with van der Waals surface area (Å²) in [6, 6.07) is 22.8. The Morgan fingerprint density at radius 1 is 0.667 bits per heavy atom. The van der Waals surface area contributed by atoms with Gasteiger partial charge in [-0.1, -0.05) is 152 Å². The van der Waals surface area contributed by atoms with Crippen LogP contribution < -0.4 is 4.57 Å². The molecule has 2 atom stereocenters. The Bertz CT molecular complexity index is 993. The molecule has 0 aliphatic rings.